The lowest BCUT2D eigenvalue weighted by Gasteiger charge is -2.08. The van der Waals surface area contributed by atoms with E-state index in [1.807, 2.05) is 18.2 Å². The third-order valence-corrected chi connectivity index (χ3v) is 4.43. The predicted molar refractivity (Wildman–Crippen MR) is 111 cm³/mol. The van der Waals surface area contributed by atoms with Crippen LogP contribution in [0.15, 0.2) is 67.3 Å². The largest absolute Gasteiger partial charge is 0.494 e. The van der Waals surface area contributed by atoms with E-state index in [9.17, 15) is 4.79 Å². The highest BCUT2D eigenvalue weighted by Gasteiger charge is 1.99. The summed E-state index contributed by atoms with van der Waals surface area (Å²) in [7, 11) is 0. The van der Waals surface area contributed by atoms with E-state index in [2.05, 4.69) is 43.0 Å². The van der Waals surface area contributed by atoms with Gasteiger partial charge in [-0.15, -0.1) is 0 Å². The molecule has 0 fully saturated rings. The Balaban J connectivity index is 1.47. The van der Waals surface area contributed by atoms with Crippen LogP contribution < -0.4 is 4.74 Å². The summed E-state index contributed by atoms with van der Waals surface area (Å²) in [6.07, 6.45) is 9.15. The molecular formula is C24H30O3. The molecule has 2 aromatic carbocycles. The summed E-state index contributed by atoms with van der Waals surface area (Å²) in [5.41, 5.74) is 2.44. The molecule has 0 saturated heterocycles. The van der Waals surface area contributed by atoms with E-state index in [1.54, 1.807) is 0 Å². The van der Waals surface area contributed by atoms with Crippen molar-refractivity contribution in [1.29, 1.82) is 0 Å². The predicted octanol–water partition coefficient (Wildman–Crippen LogP) is 6.19. The molecule has 3 heteroatoms. The Morgan fingerprint density at radius 3 is 1.93 bits per heavy atom. The normalized spacial score (nSPS) is 10.4. The lowest BCUT2D eigenvalue weighted by molar-refractivity contribution is -0.137. The minimum Gasteiger partial charge on any atom is -0.494 e. The smallest absolute Gasteiger partial charge is 0.330 e. The first-order chi connectivity index (χ1) is 13.3. The lowest BCUT2D eigenvalue weighted by atomic mass is 10.1. The minimum absolute atomic E-state index is 0.329. The summed E-state index contributed by atoms with van der Waals surface area (Å²) in [4.78, 5) is 10.9. The summed E-state index contributed by atoms with van der Waals surface area (Å²) in [6.45, 7) is 4.64. The highest BCUT2D eigenvalue weighted by molar-refractivity contribution is 5.81. The molecule has 0 amide bonds. The summed E-state index contributed by atoms with van der Waals surface area (Å²) >= 11 is 0. The SMILES string of the molecule is C=CC(=O)OCCCCCCCCCOc1ccc(-c2ccccc2)cc1. The molecular weight excluding hydrogens is 336 g/mol. The number of unbranched alkanes of at least 4 members (excludes halogenated alkanes) is 6. The van der Waals surface area contributed by atoms with Crippen molar-refractivity contribution in [2.45, 2.75) is 44.9 Å². The van der Waals surface area contributed by atoms with E-state index in [1.165, 1.54) is 42.9 Å². The molecule has 0 aliphatic heterocycles. The fraction of sp³-hybridized carbons (Fsp3) is 0.375. The Morgan fingerprint density at radius 1 is 0.741 bits per heavy atom. The van der Waals surface area contributed by atoms with Crippen LogP contribution in [0.5, 0.6) is 5.75 Å². The molecule has 0 N–H and O–H groups in total. The van der Waals surface area contributed by atoms with Crippen LogP contribution in [0, 0.1) is 0 Å². The molecule has 2 aromatic rings. The molecule has 0 unspecified atom stereocenters. The van der Waals surface area contributed by atoms with Gasteiger partial charge in [0.25, 0.3) is 0 Å². The topological polar surface area (TPSA) is 35.5 Å². The van der Waals surface area contributed by atoms with Gasteiger partial charge in [0.2, 0.25) is 0 Å². The molecule has 0 spiro atoms. The van der Waals surface area contributed by atoms with Gasteiger partial charge in [0, 0.05) is 6.08 Å². The molecule has 0 radical (unpaired) electrons. The fourth-order valence-corrected chi connectivity index (χ4v) is 2.88. The van der Waals surface area contributed by atoms with Crippen molar-refractivity contribution in [3.63, 3.8) is 0 Å². The maximum absolute atomic E-state index is 10.9. The van der Waals surface area contributed by atoms with Crippen molar-refractivity contribution in [2.75, 3.05) is 13.2 Å². The molecule has 0 aromatic heterocycles. The molecule has 27 heavy (non-hydrogen) atoms. The van der Waals surface area contributed by atoms with Crippen LogP contribution in [0.25, 0.3) is 11.1 Å². The lowest BCUT2D eigenvalue weighted by Crippen LogP contribution is -2.01. The zero-order valence-electron chi connectivity index (χ0n) is 16.1. The van der Waals surface area contributed by atoms with Gasteiger partial charge in [0.1, 0.15) is 5.75 Å². The molecule has 2 rings (SSSR count). The van der Waals surface area contributed by atoms with Crippen LogP contribution in [0.1, 0.15) is 44.9 Å². The van der Waals surface area contributed by atoms with Crippen LogP contribution in [-0.4, -0.2) is 19.2 Å². The molecule has 0 heterocycles. The summed E-state index contributed by atoms with van der Waals surface area (Å²) in [6, 6.07) is 18.7. The van der Waals surface area contributed by atoms with Crippen molar-refractivity contribution >= 4 is 5.97 Å². The van der Waals surface area contributed by atoms with Gasteiger partial charge in [0.15, 0.2) is 0 Å². The second-order valence-corrected chi connectivity index (χ2v) is 6.59. The van der Waals surface area contributed by atoms with Crippen LogP contribution in [-0.2, 0) is 9.53 Å². The third kappa shape index (κ3) is 8.59. The number of rotatable bonds is 13. The molecule has 0 atom stereocenters. The average molecular weight is 367 g/mol. The Kier molecular flexibility index (Phi) is 9.80. The number of carbonyl (C=O) groups is 1. The Bertz CT molecular complexity index is 662. The molecule has 0 aliphatic carbocycles. The van der Waals surface area contributed by atoms with Crippen LogP contribution >= 0.6 is 0 Å². The average Bonchev–Trinajstić information content (AvgIpc) is 2.73. The highest BCUT2D eigenvalue weighted by Crippen LogP contribution is 2.22. The molecule has 0 saturated carbocycles. The second kappa shape index (κ2) is 12.7. The van der Waals surface area contributed by atoms with Crippen molar-refractivity contribution in [3.05, 3.63) is 67.3 Å². The maximum atomic E-state index is 10.9. The maximum Gasteiger partial charge on any atom is 0.330 e. The summed E-state index contributed by atoms with van der Waals surface area (Å²) < 4.78 is 10.8. The number of hydrogen-bond acceptors (Lipinski definition) is 3. The van der Waals surface area contributed by atoms with E-state index in [0.29, 0.717) is 6.61 Å². The molecule has 144 valence electrons. The van der Waals surface area contributed by atoms with Gasteiger partial charge in [-0.3, -0.25) is 0 Å². The van der Waals surface area contributed by atoms with Crippen molar-refractivity contribution in [1.82, 2.24) is 0 Å². The second-order valence-electron chi connectivity index (χ2n) is 6.59. The van der Waals surface area contributed by atoms with Crippen LogP contribution in [0.3, 0.4) is 0 Å². The minimum atomic E-state index is -0.329. The fourth-order valence-electron chi connectivity index (χ4n) is 2.88. The van der Waals surface area contributed by atoms with Gasteiger partial charge in [-0.1, -0.05) is 81.1 Å². The first-order valence-electron chi connectivity index (χ1n) is 9.87. The van der Waals surface area contributed by atoms with Gasteiger partial charge in [-0.05, 0) is 36.1 Å². The molecule has 3 nitrogen and oxygen atoms in total. The summed E-state index contributed by atoms with van der Waals surface area (Å²) in [5.74, 6) is 0.605. The Labute approximate surface area is 163 Å². The standard InChI is InChI=1S/C24H30O3/c1-2-24(25)27-20-12-7-5-3-4-6-11-19-26-23-17-15-22(16-18-23)21-13-9-8-10-14-21/h2,8-10,13-18H,1,3-7,11-12,19-20H2. The van der Waals surface area contributed by atoms with Gasteiger partial charge >= 0.3 is 5.97 Å². The zero-order chi connectivity index (χ0) is 19.2. The Hall–Kier alpha value is -2.55. The number of benzene rings is 2. The van der Waals surface area contributed by atoms with Crippen molar-refractivity contribution < 1.29 is 14.3 Å². The van der Waals surface area contributed by atoms with Crippen LogP contribution in [0.2, 0.25) is 0 Å². The number of carbonyl (C=O) groups excluding carboxylic acids is 1. The van der Waals surface area contributed by atoms with Crippen molar-refractivity contribution in [3.8, 4) is 16.9 Å². The summed E-state index contributed by atoms with van der Waals surface area (Å²) in [5, 5.41) is 0. The first-order valence-corrected chi connectivity index (χ1v) is 9.87. The van der Waals surface area contributed by atoms with E-state index < -0.39 is 0 Å². The monoisotopic (exact) mass is 366 g/mol. The number of hydrogen-bond donors (Lipinski definition) is 0. The van der Waals surface area contributed by atoms with Crippen LogP contribution in [0.4, 0.5) is 0 Å². The molecule has 0 aliphatic rings. The van der Waals surface area contributed by atoms with Gasteiger partial charge in [-0.2, -0.15) is 0 Å². The van der Waals surface area contributed by atoms with Crippen molar-refractivity contribution in [2.24, 2.45) is 0 Å². The van der Waals surface area contributed by atoms with Gasteiger partial charge in [-0.25, -0.2) is 4.79 Å². The highest BCUT2D eigenvalue weighted by atomic mass is 16.5. The van der Waals surface area contributed by atoms with E-state index in [-0.39, 0.29) is 5.97 Å². The van der Waals surface area contributed by atoms with E-state index in [4.69, 9.17) is 9.47 Å². The van der Waals surface area contributed by atoms with E-state index >= 15 is 0 Å². The number of ether oxygens (including phenoxy) is 2. The van der Waals surface area contributed by atoms with Gasteiger partial charge in [0.05, 0.1) is 13.2 Å². The first kappa shape index (κ1) is 20.8. The number of esters is 1. The zero-order valence-corrected chi connectivity index (χ0v) is 16.1. The third-order valence-electron chi connectivity index (χ3n) is 4.43. The molecule has 0 bridgehead atoms. The van der Waals surface area contributed by atoms with Gasteiger partial charge < -0.3 is 9.47 Å². The van der Waals surface area contributed by atoms with E-state index in [0.717, 1.165) is 31.6 Å². The Morgan fingerprint density at radius 2 is 1.30 bits per heavy atom. The quantitative estimate of drug-likeness (QED) is 0.241.